The monoisotopic (exact) mass is 462 g/mol. The average Bonchev–Trinajstić information content (AvgIpc) is 2.79. The summed E-state index contributed by atoms with van der Waals surface area (Å²) in [6, 6.07) is 6.53. The van der Waals surface area contributed by atoms with Gasteiger partial charge >= 0.3 is 0 Å². The summed E-state index contributed by atoms with van der Waals surface area (Å²) in [5, 5.41) is 16.2. The maximum Gasteiger partial charge on any atom is 0.270 e. The van der Waals surface area contributed by atoms with E-state index in [0.717, 1.165) is 17.3 Å². The second-order valence-corrected chi connectivity index (χ2v) is 8.06. The Kier molecular flexibility index (Phi) is 10.1. The van der Waals surface area contributed by atoms with Crippen molar-refractivity contribution in [1.29, 1.82) is 0 Å². The summed E-state index contributed by atoms with van der Waals surface area (Å²) in [7, 11) is 1.51. The van der Waals surface area contributed by atoms with Crippen LogP contribution in [0.25, 0.3) is 0 Å². The van der Waals surface area contributed by atoms with Crippen molar-refractivity contribution in [1.82, 2.24) is 15.4 Å². The quantitative estimate of drug-likeness (QED) is 0.226. The number of rotatable bonds is 6. The normalized spacial score (nSPS) is 14.3. The van der Waals surface area contributed by atoms with Gasteiger partial charge in [-0.1, -0.05) is 25.3 Å². The van der Waals surface area contributed by atoms with Gasteiger partial charge < -0.3 is 16.2 Å². The van der Waals surface area contributed by atoms with Crippen molar-refractivity contribution in [2.24, 2.45) is 22.6 Å². The first kappa shape index (κ1) is 26.1. The molecule has 8 nitrogen and oxygen atoms in total. The first-order chi connectivity index (χ1) is 15.7. The summed E-state index contributed by atoms with van der Waals surface area (Å²) < 4.78 is 26.1. The van der Waals surface area contributed by atoms with E-state index >= 15 is 0 Å². The van der Waals surface area contributed by atoms with E-state index in [1.54, 1.807) is 13.0 Å². The molecule has 0 bridgehead atoms. The maximum absolute atomic E-state index is 13.2. The van der Waals surface area contributed by atoms with Gasteiger partial charge in [0.1, 0.15) is 5.69 Å². The Bertz CT molecular complexity index is 962. The van der Waals surface area contributed by atoms with Crippen LogP contribution < -0.4 is 16.9 Å². The van der Waals surface area contributed by atoms with Crippen molar-refractivity contribution in [3.63, 3.8) is 0 Å². The fourth-order valence-electron chi connectivity index (χ4n) is 3.45. The van der Waals surface area contributed by atoms with E-state index in [-0.39, 0.29) is 18.1 Å². The second kappa shape index (κ2) is 12.8. The molecule has 2 aromatic rings. The standard InChI is InChI=1S/C16H18F2N6O.C7H14O/c1-9-5-11(15(19)23-24(2)20)7-14(22-9)16(25)21-8-10-3-4-12(17)13(18)6-10;8-6-7-4-2-1-3-5-7/h3-7H,8,20H2,1-2H3,(H2,19,23)(H,21,25);7-8H,1-6H2. The number of nitrogens with one attached hydrogen (secondary N) is 1. The Labute approximate surface area is 192 Å². The molecule has 3 rings (SSSR count). The molecular formula is C23H32F2N6O2. The number of aliphatic hydroxyl groups is 1. The average molecular weight is 463 g/mol. The van der Waals surface area contributed by atoms with E-state index < -0.39 is 17.5 Å². The van der Waals surface area contributed by atoms with Crippen molar-refractivity contribution in [2.45, 2.75) is 45.6 Å². The molecule has 0 saturated heterocycles. The molecule has 6 N–H and O–H groups in total. The zero-order valence-corrected chi connectivity index (χ0v) is 19.0. The van der Waals surface area contributed by atoms with E-state index in [2.05, 4.69) is 15.4 Å². The summed E-state index contributed by atoms with van der Waals surface area (Å²) in [6.45, 7) is 2.14. The van der Waals surface area contributed by atoms with Gasteiger partial charge in [-0.2, -0.15) is 0 Å². The number of aliphatic hydroxyl groups excluding tert-OH is 1. The molecule has 1 heterocycles. The molecule has 1 amide bonds. The van der Waals surface area contributed by atoms with Crippen LogP contribution in [0.2, 0.25) is 0 Å². The minimum atomic E-state index is -0.974. The lowest BCUT2D eigenvalue weighted by atomic mass is 9.90. The van der Waals surface area contributed by atoms with E-state index in [1.807, 2.05) is 0 Å². The van der Waals surface area contributed by atoms with Crippen LogP contribution in [0.4, 0.5) is 8.78 Å². The highest BCUT2D eigenvalue weighted by Gasteiger charge is 2.12. The molecule has 0 radical (unpaired) electrons. The van der Waals surface area contributed by atoms with Gasteiger partial charge in [0.25, 0.3) is 5.91 Å². The predicted molar refractivity (Wildman–Crippen MR) is 123 cm³/mol. The number of hydrazine groups is 1. The molecule has 1 saturated carbocycles. The number of aromatic nitrogens is 1. The van der Waals surface area contributed by atoms with Gasteiger partial charge in [0, 0.05) is 31.5 Å². The number of hydrazone groups is 1. The predicted octanol–water partition coefficient (Wildman–Crippen LogP) is 2.58. The molecule has 33 heavy (non-hydrogen) atoms. The number of pyridine rings is 1. The minimum absolute atomic E-state index is 0.0239. The molecule has 0 spiro atoms. The van der Waals surface area contributed by atoms with E-state index in [0.29, 0.717) is 29.3 Å². The highest BCUT2D eigenvalue weighted by Crippen LogP contribution is 2.22. The Balaban J connectivity index is 0.000000405. The van der Waals surface area contributed by atoms with Crippen LogP contribution in [-0.2, 0) is 6.54 Å². The highest BCUT2D eigenvalue weighted by atomic mass is 19.2. The fraction of sp³-hybridized carbons (Fsp3) is 0.435. The number of hydrogen-bond donors (Lipinski definition) is 4. The summed E-state index contributed by atoms with van der Waals surface area (Å²) in [5.74, 6) is 3.79. The fourth-order valence-corrected chi connectivity index (χ4v) is 3.45. The Morgan fingerprint density at radius 2 is 1.91 bits per heavy atom. The number of aryl methyl sites for hydroxylation is 1. The third kappa shape index (κ3) is 8.74. The SMILES string of the molecule is Cc1cc(/C(N)=N/N(C)N)cc(C(=O)NCc2ccc(F)c(F)c2)n1.OCC1CCCCC1. The molecule has 0 atom stereocenters. The number of hydrogen-bond acceptors (Lipinski definition) is 6. The van der Waals surface area contributed by atoms with Gasteiger partial charge in [-0.15, -0.1) is 5.10 Å². The van der Waals surface area contributed by atoms with Crippen LogP contribution in [0.3, 0.4) is 0 Å². The van der Waals surface area contributed by atoms with Crippen LogP contribution >= 0.6 is 0 Å². The van der Waals surface area contributed by atoms with Crippen LogP contribution in [0, 0.1) is 24.5 Å². The molecular weight excluding hydrogens is 430 g/mol. The van der Waals surface area contributed by atoms with Crippen LogP contribution in [0.1, 0.15) is 59.4 Å². The molecule has 10 heteroatoms. The number of halogens is 2. The van der Waals surface area contributed by atoms with Crippen molar-refractivity contribution in [3.05, 3.63) is 64.5 Å². The van der Waals surface area contributed by atoms with Gasteiger partial charge in [-0.3, -0.25) is 4.79 Å². The number of carbonyl (C=O) groups excluding carboxylic acids is 1. The third-order valence-corrected chi connectivity index (χ3v) is 5.17. The van der Waals surface area contributed by atoms with Crippen molar-refractivity contribution < 1.29 is 18.7 Å². The van der Waals surface area contributed by atoms with E-state index in [4.69, 9.17) is 16.7 Å². The third-order valence-electron chi connectivity index (χ3n) is 5.17. The molecule has 1 aliphatic carbocycles. The number of amides is 1. The first-order valence-corrected chi connectivity index (χ1v) is 10.8. The Hall–Kier alpha value is -3.11. The maximum atomic E-state index is 13.2. The van der Waals surface area contributed by atoms with Crippen LogP contribution in [0.5, 0.6) is 0 Å². The molecule has 0 unspecified atom stereocenters. The summed E-state index contributed by atoms with van der Waals surface area (Å²) in [4.78, 5) is 16.4. The molecule has 0 aliphatic heterocycles. The topological polar surface area (TPSA) is 130 Å². The lowest BCUT2D eigenvalue weighted by Gasteiger charge is -2.18. The van der Waals surface area contributed by atoms with Gasteiger partial charge in [0.2, 0.25) is 0 Å². The number of benzene rings is 1. The molecule has 1 fully saturated rings. The van der Waals surface area contributed by atoms with Crippen molar-refractivity contribution >= 4 is 11.7 Å². The van der Waals surface area contributed by atoms with E-state index in [9.17, 15) is 13.6 Å². The van der Waals surface area contributed by atoms with Gasteiger partial charge in [0.05, 0.1) is 0 Å². The zero-order chi connectivity index (χ0) is 24.4. The summed E-state index contributed by atoms with van der Waals surface area (Å²) in [6.07, 6.45) is 6.58. The van der Waals surface area contributed by atoms with Gasteiger partial charge in [-0.25, -0.2) is 24.7 Å². The Morgan fingerprint density at radius 3 is 2.48 bits per heavy atom. The molecule has 1 aromatic carbocycles. The Morgan fingerprint density at radius 1 is 1.21 bits per heavy atom. The van der Waals surface area contributed by atoms with Gasteiger partial charge in [-0.05, 0) is 55.5 Å². The molecule has 180 valence electrons. The lowest BCUT2D eigenvalue weighted by molar-refractivity contribution is 0.0945. The number of nitrogens with zero attached hydrogens (tertiary/aromatic N) is 3. The van der Waals surface area contributed by atoms with Crippen LogP contribution in [0.15, 0.2) is 35.4 Å². The smallest absolute Gasteiger partial charge is 0.270 e. The zero-order valence-electron chi connectivity index (χ0n) is 19.0. The largest absolute Gasteiger partial charge is 0.396 e. The molecule has 1 aliphatic rings. The summed E-state index contributed by atoms with van der Waals surface area (Å²) >= 11 is 0. The number of nitrogens with two attached hydrogens (primary N) is 2. The van der Waals surface area contributed by atoms with Crippen molar-refractivity contribution in [3.8, 4) is 0 Å². The highest BCUT2D eigenvalue weighted by molar-refractivity contribution is 6.00. The lowest BCUT2D eigenvalue weighted by Crippen LogP contribution is -2.27. The van der Waals surface area contributed by atoms with E-state index in [1.165, 1.54) is 51.3 Å². The second-order valence-electron chi connectivity index (χ2n) is 8.06. The van der Waals surface area contributed by atoms with Crippen LogP contribution in [-0.4, -0.2) is 40.6 Å². The first-order valence-electron chi connectivity index (χ1n) is 10.8. The molecule has 1 aromatic heterocycles. The summed E-state index contributed by atoms with van der Waals surface area (Å²) in [5.41, 5.74) is 7.42. The number of carbonyl (C=O) groups is 1. The minimum Gasteiger partial charge on any atom is -0.396 e. The van der Waals surface area contributed by atoms with Gasteiger partial charge in [0.15, 0.2) is 17.5 Å². The van der Waals surface area contributed by atoms with Crippen molar-refractivity contribution in [2.75, 3.05) is 13.7 Å². The number of amidine groups is 1.